The molecule has 76 valence electrons. The smallest absolute Gasteiger partial charge is 0.211 e. The minimum atomic E-state index is -0.190. The van der Waals surface area contributed by atoms with Gasteiger partial charge in [0.1, 0.15) is 0 Å². The SMILES string of the molecule is CC1CC(C)C(N=C=O)C(N=C=O)C1. The van der Waals surface area contributed by atoms with Crippen LogP contribution >= 0.6 is 0 Å². The van der Waals surface area contributed by atoms with Crippen LogP contribution in [0.2, 0.25) is 0 Å². The molecule has 0 aromatic carbocycles. The van der Waals surface area contributed by atoms with Crippen molar-refractivity contribution in [1.82, 2.24) is 0 Å². The van der Waals surface area contributed by atoms with Gasteiger partial charge in [0.05, 0.1) is 12.1 Å². The fourth-order valence-electron chi connectivity index (χ4n) is 2.27. The first-order chi connectivity index (χ1) is 6.69. The van der Waals surface area contributed by atoms with Crippen LogP contribution in [0.5, 0.6) is 0 Å². The van der Waals surface area contributed by atoms with Crippen molar-refractivity contribution < 1.29 is 9.59 Å². The lowest BCUT2D eigenvalue weighted by molar-refractivity contribution is 0.234. The summed E-state index contributed by atoms with van der Waals surface area (Å²) < 4.78 is 0. The summed E-state index contributed by atoms with van der Waals surface area (Å²) >= 11 is 0. The van der Waals surface area contributed by atoms with Crippen LogP contribution < -0.4 is 0 Å². The van der Waals surface area contributed by atoms with Crippen molar-refractivity contribution in [1.29, 1.82) is 0 Å². The van der Waals surface area contributed by atoms with E-state index in [9.17, 15) is 9.59 Å². The molecule has 0 saturated heterocycles. The van der Waals surface area contributed by atoms with Gasteiger partial charge in [0.15, 0.2) is 0 Å². The fourth-order valence-corrected chi connectivity index (χ4v) is 2.27. The zero-order valence-corrected chi connectivity index (χ0v) is 8.43. The molecule has 1 fully saturated rings. The highest BCUT2D eigenvalue weighted by molar-refractivity contribution is 5.36. The third-order valence-corrected chi connectivity index (χ3v) is 2.82. The summed E-state index contributed by atoms with van der Waals surface area (Å²) in [5, 5.41) is 0. The second-order valence-electron chi connectivity index (χ2n) is 4.05. The Morgan fingerprint density at radius 1 is 1.07 bits per heavy atom. The molecule has 4 unspecified atom stereocenters. The molecule has 0 N–H and O–H groups in total. The molecule has 1 aliphatic rings. The van der Waals surface area contributed by atoms with Gasteiger partial charge in [-0.2, -0.15) is 4.99 Å². The molecule has 0 radical (unpaired) electrons. The first-order valence-electron chi connectivity index (χ1n) is 4.83. The van der Waals surface area contributed by atoms with Crippen LogP contribution in [0.4, 0.5) is 0 Å². The van der Waals surface area contributed by atoms with Crippen LogP contribution in [0.25, 0.3) is 0 Å². The van der Waals surface area contributed by atoms with Gasteiger partial charge in [0, 0.05) is 0 Å². The van der Waals surface area contributed by atoms with Crippen LogP contribution in [0.15, 0.2) is 9.98 Å². The molecule has 0 aromatic rings. The zero-order valence-electron chi connectivity index (χ0n) is 8.43. The Hall–Kier alpha value is -1.24. The van der Waals surface area contributed by atoms with Crippen molar-refractivity contribution in [2.24, 2.45) is 21.8 Å². The molecule has 0 heterocycles. The van der Waals surface area contributed by atoms with E-state index < -0.39 is 0 Å². The maximum atomic E-state index is 10.2. The van der Waals surface area contributed by atoms with Crippen molar-refractivity contribution in [2.75, 3.05) is 0 Å². The van der Waals surface area contributed by atoms with Crippen molar-refractivity contribution in [3.63, 3.8) is 0 Å². The summed E-state index contributed by atoms with van der Waals surface area (Å²) in [5.74, 6) is 0.799. The second-order valence-corrected chi connectivity index (χ2v) is 4.05. The van der Waals surface area contributed by atoms with Gasteiger partial charge in [-0.1, -0.05) is 13.8 Å². The molecular weight excluding hydrogens is 180 g/mol. The number of hydrogen-bond acceptors (Lipinski definition) is 4. The van der Waals surface area contributed by atoms with Crippen LogP contribution in [0.3, 0.4) is 0 Å². The summed E-state index contributed by atoms with van der Waals surface area (Å²) in [4.78, 5) is 27.8. The Kier molecular flexibility index (Phi) is 3.75. The highest BCUT2D eigenvalue weighted by atomic mass is 16.1. The van der Waals surface area contributed by atoms with E-state index in [1.807, 2.05) is 6.92 Å². The molecule has 0 aliphatic heterocycles. The first kappa shape index (κ1) is 10.8. The Labute approximate surface area is 83.1 Å². The quantitative estimate of drug-likeness (QED) is 0.493. The molecule has 0 spiro atoms. The number of rotatable bonds is 2. The van der Waals surface area contributed by atoms with E-state index in [2.05, 4.69) is 16.9 Å². The largest absolute Gasteiger partial charge is 0.235 e. The van der Waals surface area contributed by atoms with Gasteiger partial charge >= 0.3 is 0 Å². The van der Waals surface area contributed by atoms with Gasteiger partial charge in [-0.05, 0) is 24.7 Å². The molecule has 1 aliphatic carbocycles. The van der Waals surface area contributed by atoms with Crippen LogP contribution in [-0.4, -0.2) is 24.2 Å². The number of isocyanates is 2. The van der Waals surface area contributed by atoms with Gasteiger partial charge < -0.3 is 0 Å². The highest BCUT2D eigenvalue weighted by Crippen LogP contribution is 2.32. The molecule has 1 rings (SSSR count). The number of carbonyl (C=O) groups excluding carboxylic acids is 2. The Bertz CT molecular complexity index is 290. The predicted octanol–water partition coefficient (Wildman–Crippen LogP) is 1.46. The molecule has 0 amide bonds. The third kappa shape index (κ3) is 2.38. The predicted molar refractivity (Wildman–Crippen MR) is 51.4 cm³/mol. The van der Waals surface area contributed by atoms with E-state index in [1.165, 1.54) is 0 Å². The standard InChI is InChI=1S/C10H14N2O2/c1-7-3-8(2)10(12-6-14)9(4-7)11-5-13/h7-10H,3-4H2,1-2H3. The summed E-state index contributed by atoms with van der Waals surface area (Å²) in [6.45, 7) is 4.14. The lowest BCUT2D eigenvalue weighted by Crippen LogP contribution is -2.36. The first-order valence-corrected chi connectivity index (χ1v) is 4.83. The molecule has 1 saturated carbocycles. The van der Waals surface area contributed by atoms with Crippen molar-refractivity contribution in [3.8, 4) is 0 Å². The van der Waals surface area contributed by atoms with Gasteiger partial charge in [-0.25, -0.2) is 14.6 Å². The molecular formula is C10H14N2O2. The normalized spacial score (nSPS) is 36.7. The lowest BCUT2D eigenvalue weighted by atomic mass is 9.77. The zero-order chi connectivity index (χ0) is 10.6. The summed E-state index contributed by atoms with van der Waals surface area (Å²) in [6.07, 6.45) is 4.92. The fraction of sp³-hybridized carbons (Fsp3) is 0.800. The molecule has 4 nitrogen and oxygen atoms in total. The molecule has 0 aromatic heterocycles. The number of hydrogen-bond donors (Lipinski definition) is 0. The average Bonchev–Trinajstić information content (AvgIpc) is 2.11. The van der Waals surface area contributed by atoms with E-state index >= 15 is 0 Å². The third-order valence-electron chi connectivity index (χ3n) is 2.82. The minimum absolute atomic E-state index is 0.187. The Morgan fingerprint density at radius 3 is 2.29 bits per heavy atom. The van der Waals surface area contributed by atoms with E-state index in [1.54, 1.807) is 12.2 Å². The van der Waals surface area contributed by atoms with E-state index in [0.717, 1.165) is 12.8 Å². The highest BCUT2D eigenvalue weighted by Gasteiger charge is 2.33. The monoisotopic (exact) mass is 194 g/mol. The van der Waals surface area contributed by atoms with Crippen LogP contribution in [-0.2, 0) is 9.59 Å². The minimum Gasteiger partial charge on any atom is -0.211 e. The van der Waals surface area contributed by atoms with E-state index in [0.29, 0.717) is 5.92 Å². The second kappa shape index (κ2) is 4.85. The maximum Gasteiger partial charge on any atom is 0.235 e. The topological polar surface area (TPSA) is 58.9 Å². The van der Waals surface area contributed by atoms with Crippen molar-refractivity contribution >= 4 is 12.2 Å². The van der Waals surface area contributed by atoms with E-state index in [-0.39, 0.29) is 18.0 Å². The van der Waals surface area contributed by atoms with Gasteiger partial charge in [0.25, 0.3) is 0 Å². The van der Waals surface area contributed by atoms with Crippen LogP contribution in [0, 0.1) is 11.8 Å². The maximum absolute atomic E-state index is 10.2. The van der Waals surface area contributed by atoms with Crippen molar-refractivity contribution in [3.05, 3.63) is 0 Å². The van der Waals surface area contributed by atoms with Crippen molar-refractivity contribution in [2.45, 2.75) is 38.8 Å². The summed E-state index contributed by atoms with van der Waals surface area (Å²) in [6, 6.07) is -0.377. The van der Waals surface area contributed by atoms with E-state index in [4.69, 9.17) is 0 Å². The Morgan fingerprint density at radius 2 is 1.71 bits per heavy atom. The average molecular weight is 194 g/mol. The molecule has 4 heteroatoms. The lowest BCUT2D eigenvalue weighted by Gasteiger charge is -2.33. The summed E-state index contributed by atoms with van der Waals surface area (Å²) in [5.41, 5.74) is 0. The number of nitrogens with zero attached hydrogens (tertiary/aromatic N) is 2. The van der Waals surface area contributed by atoms with Gasteiger partial charge in [-0.3, -0.25) is 0 Å². The molecule has 0 bridgehead atoms. The molecule has 14 heavy (non-hydrogen) atoms. The van der Waals surface area contributed by atoms with Crippen LogP contribution in [0.1, 0.15) is 26.7 Å². The summed E-state index contributed by atoms with van der Waals surface area (Å²) in [7, 11) is 0. The molecule has 4 atom stereocenters. The Balaban J connectivity index is 2.84. The van der Waals surface area contributed by atoms with Gasteiger partial charge in [0.2, 0.25) is 12.2 Å². The van der Waals surface area contributed by atoms with Gasteiger partial charge in [-0.15, -0.1) is 0 Å². The number of aliphatic imine (C=N–C) groups is 2.